The summed E-state index contributed by atoms with van der Waals surface area (Å²) in [5, 5.41) is 16.7. The minimum Gasteiger partial charge on any atom is -0.208 e. The van der Waals surface area contributed by atoms with Crippen molar-refractivity contribution in [2.24, 2.45) is 0 Å². The first-order valence-corrected chi connectivity index (χ1v) is 23.6. The van der Waals surface area contributed by atoms with Crippen LogP contribution in [-0.4, -0.2) is 15.0 Å². The van der Waals surface area contributed by atoms with Crippen LogP contribution < -0.4 is 0 Å². The van der Waals surface area contributed by atoms with Gasteiger partial charge in [0.05, 0.1) is 0 Å². The Labute approximate surface area is 390 Å². The lowest BCUT2D eigenvalue weighted by molar-refractivity contribution is 1.07. The molecule has 0 bridgehead atoms. The van der Waals surface area contributed by atoms with Crippen LogP contribution >= 0.6 is 11.3 Å². The normalized spacial score (nSPS) is 11.9. The summed E-state index contributed by atoms with van der Waals surface area (Å²) in [6, 6.07) is 81.4. The van der Waals surface area contributed by atoms with Gasteiger partial charge in [0.1, 0.15) is 0 Å². The van der Waals surface area contributed by atoms with Crippen molar-refractivity contribution in [2.75, 3.05) is 0 Å². The summed E-state index contributed by atoms with van der Waals surface area (Å²) in [7, 11) is 0. The van der Waals surface area contributed by atoms with Gasteiger partial charge >= 0.3 is 0 Å². The van der Waals surface area contributed by atoms with Crippen molar-refractivity contribution in [1.82, 2.24) is 15.0 Å². The van der Waals surface area contributed by atoms with Crippen molar-refractivity contribution in [3.05, 3.63) is 224 Å². The van der Waals surface area contributed by atoms with Crippen molar-refractivity contribution in [1.29, 1.82) is 0 Å². The summed E-state index contributed by atoms with van der Waals surface area (Å²) < 4.78 is 1.29. The van der Waals surface area contributed by atoms with E-state index in [0.717, 1.165) is 27.8 Å². The van der Waals surface area contributed by atoms with Crippen LogP contribution in [0.15, 0.2) is 224 Å². The molecule has 3 nitrogen and oxygen atoms in total. The summed E-state index contributed by atoms with van der Waals surface area (Å²) in [5.41, 5.74) is 8.67. The number of thiophene rings is 1. The molecule has 0 N–H and O–H groups in total. The van der Waals surface area contributed by atoms with E-state index in [-0.39, 0.29) is 0 Å². The van der Waals surface area contributed by atoms with Gasteiger partial charge in [-0.05, 0) is 122 Å². The average Bonchev–Trinajstić information content (AvgIpc) is 3.84. The fraction of sp³-hybridized carbons (Fsp3) is 0. The molecule has 4 heteroatoms. The molecule has 0 aliphatic rings. The lowest BCUT2D eigenvalue weighted by atomic mass is 9.86. The Balaban J connectivity index is 0.830. The van der Waals surface area contributed by atoms with E-state index < -0.39 is 0 Å². The third-order valence-corrected chi connectivity index (χ3v) is 14.8. The number of nitrogens with zero attached hydrogens (tertiary/aromatic N) is 3. The molecular weight excluding hydrogens is 831 g/mol. The van der Waals surface area contributed by atoms with Crippen LogP contribution in [-0.2, 0) is 0 Å². The molecule has 0 atom stereocenters. The Morgan fingerprint density at radius 1 is 0.239 bits per heavy atom. The zero-order valence-electron chi connectivity index (χ0n) is 36.1. The highest BCUT2D eigenvalue weighted by Crippen LogP contribution is 2.45. The number of benzene rings is 11. The Bertz CT molecular complexity index is 4190. The van der Waals surface area contributed by atoms with Crippen LogP contribution in [0.3, 0.4) is 0 Å². The molecule has 0 fully saturated rings. The zero-order chi connectivity index (χ0) is 44.0. The van der Waals surface area contributed by atoms with E-state index in [2.05, 4.69) is 194 Å². The smallest absolute Gasteiger partial charge is 0.164 e. The number of rotatable bonds is 6. The highest BCUT2D eigenvalue weighted by atomic mass is 32.1. The van der Waals surface area contributed by atoms with Gasteiger partial charge in [-0.2, -0.15) is 0 Å². The lowest BCUT2D eigenvalue weighted by Crippen LogP contribution is -2.00. The van der Waals surface area contributed by atoms with E-state index in [0.29, 0.717) is 17.5 Å². The maximum Gasteiger partial charge on any atom is 0.164 e. The topological polar surface area (TPSA) is 38.7 Å². The van der Waals surface area contributed by atoms with Gasteiger partial charge in [-0.1, -0.05) is 200 Å². The number of hydrogen-bond donors (Lipinski definition) is 0. The first-order chi connectivity index (χ1) is 33.2. The van der Waals surface area contributed by atoms with E-state index in [9.17, 15) is 0 Å². The Morgan fingerprint density at radius 2 is 0.642 bits per heavy atom. The first kappa shape index (κ1) is 37.8. The molecule has 0 radical (unpaired) electrons. The molecular formula is C63H37N3S. The molecule has 0 saturated carbocycles. The van der Waals surface area contributed by atoms with Gasteiger partial charge in [0.2, 0.25) is 0 Å². The fourth-order valence-electron chi connectivity index (χ4n) is 10.4. The SMILES string of the molecule is c1ccc(-c2nc(-c3ccc(-c4ccc(-c5cc6ccc7cccc8c9cccc%10ccc%11cccc(c(c5)c6c78)c%11c%109)cc4)cc3)nc(-c3ccc(-c4cc5ccccc5s4)cc3)n2)cc1. The fourth-order valence-corrected chi connectivity index (χ4v) is 11.4. The molecule has 14 rings (SSSR count). The van der Waals surface area contributed by atoms with E-state index in [1.165, 1.54) is 96.3 Å². The maximum atomic E-state index is 5.07. The molecule has 0 spiro atoms. The predicted octanol–water partition coefficient (Wildman–Crippen LogP) is 17.4. The van der Waals surface area contributed by atoms with Gasteiger partial charge in [-0.15, -0.1) is 11.3 Å². The Morgan fingerprint density at radius 3 is 1.18 bits per heavy atom. The van der Waals surface area contributed by atoms with E-state index in [4.69, 9.17) is 15.0 Å². The van der Waals surface area contributed by atoms with Gasteiger partial charge < -0.3 is 0 Å². The van der Waals surface area contributed by atoms with Crippen molar-refractivity contribution in [3.63, 3.8) is 0 Å². The van der Waals surface area contributed by atoms with Crippen molar-refractivity contribution < 1.29 is 0 Å². The minimum atomic E-state index is 0.640. The van der Waals surface area contributed by atoms with Crippen molar-refractivity contribution in [3.8, 4) is 66.9 Å². The lowest BCUT2D eigenvalue weighted by Gasteiger charge is -2.17. The second-order valence-corrected chi connectivity index (χ2v) is 18.6. The second-order valence-electron chi connectivity index (χ2n) is 17.5. The highest BCUT2D eigenvalue weighted by Gasteiger charge is 2.18. The first-order valence-electron chi connectivity index (χ1n) is 22.7. The second kappa shape index (κ2) is 15.0. The third-order valence-electron chi connectivity index (χ3n) is 13.6. The third kappa shape index (κ3) is 6.22. The van der Waals surface area contributed by atoms with Crippen molar-refractivity contribution in [2.45, 2.75) is 0 Å². The summed E-state index contributed by atoms with van der Waals surface area (Å²) >= 11 is 1.81. The van der Waals surface area contributed by atoms with Gasteiger partial charge in [-0.25, -0.2) is 15.0 Å². The molecule has 0 unspecified atom stereocenters. The van der Waals surface area contributed by atoms with E-state index >= 15 is 0 Å². The molecule has 2 aromatic heterocycles. The summed E-state index contributed by atoms with van der Waals surface area (Å²) in [4.78, 5) is 16.3. The van der Waals surface area contributed by atoms with E-state index in [1.54, 1.807) is 0 Å². The molecule has 0 amide bonds. The molecule has 0 saturated heterocycles. The predicted molar refractivity (Wildman–Crippen MR) is 284 cm³/mol. The molecule has 2 heterocycles. The average molecular weight is 868 g/mol. The van der Waals surface area contributed by atoms with Crippen LogP contribution in [0.5, 0.6) is 0 Å². The Hall–Kier alpha value is -8.57. The molecule has 12 aromatic carbocycles. The Kier molecular flexibility index (Phi) is 8.45. The van der Waals surface area contributed by atoms with Crippen LogP contribution in [0, 0.1) is 0 Å². The molecule has 310 valence electrons. The zero-order valence-corrected chi connectivity index (χ0v) is 36.9. The van der Waals surface area contributed by atoms with Gasteiger partial charge in [0, 0.05) is 26.3 Å². The molecule has 0 aliphatic heterocycles. The molecule has 0 aliphatic carbocycles. The van der Waals surface area contributed by atoms with Gasteiger partial charge in [-0.3, -0.25) is 0 Å². The van der Waals surface area contributed by atoms with Crippen LogP contribution in [0.4, 0.5) is 0 Å². The number of aromatic nitrogens is 3. The molecule has 67 heavy (non-hydrogen) atoms. The summed E-state index contributed by atoms with van der Waals surface area (Å²) in [6.45, 7) is 0. The standard InChI is InChI=1S/C63H37N3S/c1-2-9-45(10-3-1)61-64-62(66-63(65-61)47-32-25-41(26-33-47)56-37-48-11-4-5-18-55(48)67-56)46-30-23-39(24-31-46)38-19-21-40(22-20-38)50-35-49-34-29-44-13-7-16-52-51-15-6-12-42-27-28-43-14-8-17-53(59(43)57(42)51)54(36-50)60(49)58(44)52/h1-37H. The van der Waals surface area contributed by atoms with Crippen LogP contribution in [0.2, 0.25) is 0 Å². The monoisotopic (exact) mass is 867 g/mol. The number of hydrogen-bond acceptors (Lipinski definition) is 4. The molecule has 14 aromatic rings. The quantitative estimate of drug-likeness (QED) is 0.156. The van der Waals surface area contributed by atoms with Crippen molar-refractivity contribution >= 4 is 86.1 Å². The minimum absolute atomic E-state index is 0.640. The largest absolute Gasteiger partial charge is 0.208 e. The maximum absolute atomic E-state index is 5.07. The highest BCUT2D eigenvalue weighted by molar-refractivity contribution is 7.22. The summed E-state index contributed by atoms with van der Waals surface area (Å²) in [5.74, 6) is 1.93. The van der Waals surface area contributed by atoms with Gasteiger partial charge in [0.15, 0.2) is 17.5 Å². The number of fused-ring (bicyclic) bond motifs is 3. The van der Waals surface area contributed by atoms with Crippen LogP contribution in [0.25, 0.3) is 142 Å². The summed E-state index contributed by atoms with van der Waals surface area (Å²) in [6.07, 6.45) is 0. The van der Waals surface area contributed by atoms with Gasteiger partial charge in [0.25, 0.3) is 0 Å². The van der Waals surface area contributed by atoms with Crippen LogP contribution in [0.1, 0.15) is 0 Å². The van der Waals surface area contributed by atoms with E-state index in [1.807, 2.05) is 41.7 Å².